The van der Waals surface area contributed by atoms with E-state index in [2.05, 4.69) is 57.0 Å². The summed E-state index contributed by atoms with van der Waals surface area (Å²) in [5, 5.41) is 54.1. The van der Waals surface area contributed by atoms with Crippen molar-refractivity contribution < 1.29 is 39.9 Å². The molecule has 6 aromatic rings. The van der Waals surface area contributed by atoms with Gasteiger partial charge in [-0.1, -0.05) is 84.9 Å². The first kappa shape index (κ1) is 33.7. The maximum atomic E-state index is 12.2. The van der Waals surface area contributed by atoms with E-state index in [1.165, 1.54) is 0 Å². The number of hydrogen-bond acceptors (Lipinski definition) is 6. The van der Waals surface area contributed by atoms with E-state index in [-0.39, 0.29) is 54.6 Å². The molecule has 9 rings (SSSR count). The number of phenols is 2. The Morgan fingerprint density at radius 2 is 0.811 bits per heavy atom. The molecule has 2 atom stereocenters. The summed E-state index contributed by atoms with van der Waals surface area (Å²) >= 11 is 0. The van der Waals surface area contributed by atoms with Crippen LogP contribution in [0.4, 0.5) is 0 Å². The van der Waals surface area contributed by atoms with Gasteiger partial charge < -0.3 is 41.0 Å². The van der Waals surface area contributed by atoms with E-state index in [0.717, 1.165) is 78.0 Å². The summed E-state index contributed by atoms with van der Waals surface area (Å²) in [4.78, 5) is 7.42. The number of aromatic amines is 2. The number of allylic oxidation sites excluding steroid dienone is 2. The van der Waals surface area contributed by atoms with Crippen LogP contribution in [-0.4, -0.2) is 32.3 Å². The first-order chi connectivity index (χ1) is 25.4. The average molecular weight is 746 g/mol. The molecule has 2 aromatic heterocycles. The van der Waals surface area contributed by atoms with Crippen LogP contribution >= 0.6 is 0 Å². The van der Waals surface area contributed by atoms with E-state index in [0.29, 0.717) is 0 Å². The molecule has 254 valence electrons. The van der Waals surface area contributed by atoms with Crippen molar-refractivity contribution in [2.24, 2.45) is 0 Å². The second-order valence-electron chi connectivity index (χ2n) is 13.1. The molecule has 53 heavy (non-hydrogen) atoms. The van der Waals surface area contributed by atoms with Gasteiger partial charge in [0.1, 0.15) is 11.5 Å². The number of phenolic OH excluding ortho intramolecular Hbond substituents is 2. The maximum absolute atomic E-state index is 12.2. The summed E-state index contributed by atoms with van der Waals surface area (Å²) in [6.45, 7) is 0. The fraction of sp³-hybridized carbons (Fsp3) is 0.0455. The molecule has 9 heteroatoms. The second-order valence-corrected chi connectivity index (χ2v) is 13.1. The third-order valence-corrected chi connectivity index (χ3v) is 9.83. The molecule has 0 saturated carbocycles. The summed E-state index contributed by atoms with van der Waals surface area (Å²) in [7, 11) is 0. The van der Waals surface area contributed by atoms with Crippen LogP contribution in [0.2, 0.25) is 0 Å². The van der Waals surface area contributed by atoms with E-state index in [9.17, 15) is 20.4 Å². The number of aromatic hydroxyl groups is 2. The molecule has 5 heterocycles. The van der Waals surface area contributed by atoms with Gasteiger partial charge in [-0.3, -0.25) is 0 Å². The zero-order valence-corrected chi connectivity index (χ0v) is 31.4. The van der Waals surface area contributed by atoms with Crippen molar-refractivity contribution in [3.05, 3.63) is 201 Å². The van der Waals surface area contributed by atoms with Crippen LogP contribution in [0.25, 0.3) is 22.3 Å². The van der Waals surface area contributed by atoms with Crippen LogP contribution in [0.15, 0.2) is 157 Å². The van der Waals surface area contributed by atoms with Gasteiger partial charge in [0.2, 0.25) is 0 Å². The van der Waals surface area contributed by atoms with Gasteiger partial charge in [0.05, 0.1) is 12.1 Å². The van der Waals surface area contributed by atoms with Crippen molar-refractivity contribution in [1.29, 1.82) is 0 Å². The predicted octanol–water partition coefficient (Wildman–Crippen LogP) is 4.59. The van der Waals surface area contributed by atoms with Gasteiger partial charge in [-0.25, -0.2) is 0 Å². The van der Waals surface area contributed by atoms with Crippen LogP contribution in [0.1, 0.15) is 33.6 Å². The van der Waals surface area contributed by atoms with Crippen LogP contribution < -0.4 is 31.5 Å². The summed E-state index contributed by atoms with van der Waals surface area (Å²) in [5.41, 5.74) is 10.8. The smallest absolute Gasteiger partial charge is 0.872 e. The van der Waals surface area contributed by atoms with Crippen LogP contribution in [0.3, 0.4) is 0 Å². The minimum atomic E-state index is -0.268. The topological polar surface area (TPSA) is 142 Å². The van der Waals surface area contributed by atoms with Crippen molar-refractivity contribution in [3.8, 4) is 23.0 Å². The fourth-order valence-electron chi connectivity index (χ4n) is 7.40. The Morgan fingerprint density at radius 1 is 0.434 bits per heavy atom. The molecule has 3 aliphatic rings. The Kier molecular flexibility index (Phi) is 8.65. The average Bonchev–Trinajstić information content (AvgIpc) is 3.99. The number of nitrogens with one attached hydrogen (secondary N) is 4. The van der Waals surface area contributed by atoms with E-state index < -0.39 is 0 Å². The van der Waals surface area contributed by atoms with Gasteiger partial charge in [0.15, 0.2) is 0 Å². The standard InChI is InChI=1S/C44H34N4O4.Zn/c49-29-9-1-25(2-10-29)41-33-17-19-35(45-33)42(26-3-11-30(50)12-4-26)37-21-23-39(47-37)44(28-7-15-32(52)16-8-28)40-24-22-38(48-40)43(36-20-18-34(41)46-36)27-5-13-31(51)14-6-27;/h1-24,33,38,45-52H;/q;+2/p-2/b41-34-,42-35-,43-36-,44-40-;. The molecular weight excluding hydrogens is 714 g/mol. The van der Waals surface area contributed by atoms with Gasteiger partial charge >= 0.3 is 19.5 Å². The number of hydrogen-bond donors (Lipinski definition) is 6. The molecule has 8 bridgehead atoms. The summed E-state index contributed by atoms with van der Waals surface area (Å²) in [5.74, 6) is 0.222. The molecule has 0 spiro atoms. The summed E-state index contributed by atoms with van der Waals surface area (Å²) in [6.07, 6.45) is 8.38. The number of rotatable bonds is 4. The van der Waals surface area contributed by atoms with Crippen molar-refractivity contribution in [2.45, 2.75) is 12.1 Å². The number of aromatic nitrogens is 2. The number of benzene rings is 4. The molecule has 0 saturated heterocycles. The van der Waals surface area contributed by atoms with Gasteiger partial charge in [0, 0.05) is 55.8 Å². The molecule has 0 radical (unpaired) electrons. The Labute approximate surface area is 318 Å². The molecule has 3 aliphatic heterocycles. The van der Waals surface area contributed by atoms with Crippen molar-refractivity contribution in [2.75, 3.05) is 0 Å². The molecule has 6 N–H and O–H groups in total. The zero-order valence-electron chi connectivity index (χ0n) is 28.4. The first-order valence-electron chi connectivity index (χ1n) is 17.0. The minimum absolute atomic E-state index is 0. The number of fused-ring (bicyclic) bond motifs is 8. The molecule has 0 aliphatic carbocycles. The molecule has 2 unspecified atom stereocenters. The third kappa shape index (κ3) is 6.26. The third-order valence-electron chi connectivity index (χ3n) is 9.83. The fourth-order valence-corrected chi connectivity index (χ4v) is 7.40. The summed E-state index contributed by atoms with van der Waals surface area (Å²) in [6, 6.07) is 35.8. The Bertz CT molecular complexity index is 2420. The molecule has 8 nitrogen and oxygen atoms in total. The summed E-state index contributed by atoms with van der Waals surface area (Å²) < 4.78 is 0. The van der Waals surface area contributed by atoms with Crippen molar-refractivity contribution >= 4 is 22.3 Å². The van der Waals surface area contributed by atoms with Gasteiger partial charge in [0.25, 0.3) is 0 Å². The molecule has 0 amide bonds. The molecule has 0 fully saturated rings. The van der Waals surface area contributed by atoms with E-state index >= 15 is 0 Å². The van der Waals surface area contributed by atoms with Crippen molar-refractivity contribution in [3.63, 3.8) is 0 Å². The predicted molar refractivity (Wildman–Crippen MR) is 198 cm³/mol. The first-order valence-corrected chi connectivity index (χ1v) is 17.0. The zero-order chi connectivity index (χ0) is 35.3. The van der Waals surface area contributed by atoms with Crippen LogP contribution in [0.5, 0.6) is 23.0 Å². The Hall–Kier alpha value is -6.44. The number of H-pyrrole nitrogens is 2. The normalized spacial score (nSPS) is 22.3. The second kappa shape index (κ2) is 13.6. The molecule has 4 aromatic carbocycles. The van der Waals surface area contributed by atoms with E-state index in [4.69, 9.17) is 0 Å². The Morgan fingerprint density at radius 3 is 1.25 bits per heavy atom. The van der Waals surface area contributed by atoms with E-state index in [1.807, 2.05) is 60.7 Å². The monoisotopic (exact) mass is 744 g/mol. The maximum Gasteiger partial charge on any atom is 2.00 e. The van der Waals surface area contributed by atoms with Crippen molar-refractivity contribution in [1.82, 2.24) is 20.6 Å². The van der Waals surface area contributed by atoms with Gasteiger partial charge in [-0.2, -0.15) is 0 Å². The van der Waals surface area contributed by atoms with Crippen LogP contribution in [0, 0.1) is 0 Å². The van der Waals surface area contributed by atoms with Gasteiger partial charge in [-0.15, -0.1) is 11.5 Å². The van der Waals surface area contributed by atoms with Gasteiger partial charge in [-0.05, 0) is 82.9 Å². The van der Waals surface area contributed by atoms with E-state index in [1.54, 1.807) is 48.5 Å². The minimum Gasteiger partial charge on any atom is -0.872 e. The SMILES string of the molecule is [O-]c1ccc(/C2=C3\C=CC(N3)/C(c3ccc([O-])cc3)=c3/cc/c([nH]3)=C(\c3ccc(O)cc3)C3C=C/C(=C(\c4ccc(O)cc4)c4ccc2[nH]4)N3)cc1.[Zn+2]. The van der Waals surface area contributed by atoms with Crippen LogP contribution in [-0.2, 0) is 19.5 Å². The Balaban J connectivity index is 0.00000400. The quantitative estimate of drug-likeness (QED) is 0.146. The molecular formula is C44H32N4O4Zn. The largest absolute Gasteiger partial charge is 2.00 e.